The number of methoxy groups -OCH3 is 1. The van der Waals surface area contributed by atoms with Gasteiger partial charge in [0.05, 0.1) is 12.0 Å². The Labute approximate surface area is 121 Å². The molecule has 2 rings (SSSR count). The lowest BCUT2D eigenvalue weighted by Gasteiger charge is -2.33. The standard InChI is InChI=1S/C14H22N2O3S/c1-3-8-15-9-11-16(12-10-15)20(17,18)14-6-4-13(19-2)5-7-14/h4-7H,3,8-12H2,1-2H3. The highest BCUT2D eigenvalue weighted by Crippen LogP contribution is 2.20. The number of nitrogens with zero attached hydrogens (tertiary/aromatic N) is 2. The van der Waals surface area contributed by atoms with Crippen LogP contribution in [0, 0.1) is 0 Å². The fourth-order valence-electron chi connectivity index (χ4n) is 2.41. The average Bonchev–Trinajstić information content (AvgIpc) is 2.48. The molecule has 1 heterocycles. The van der Waals surface area contributed by atoms with Gasteiger partial charge < -0.3 is 9.64 Å². The lowest BCUT2D eigenvalue weighted by molar-refractivity contribution is 0.188. The molecule has 0 atom stereocenters. The molecule has 5 nitrogen and oxygen atoms in total. The van der Waals surface area contributed by atoms with E-state index in [1.807, 2.05) is 0 Å². The summed E-state index contributed by atoms with van der Waals surface area (Å²) in [5.74, 6) is 0.664. The van der Waals surface area contributed by atoms with Crippen molar-refractivity contribution in [3.63, 3.8) is 0 Å². The molecular weight excluding hydrogens is 276 g/mol. The van der Waals surface area contributed by atoms with Crippen LogP contribution < -0.4 is 4.74 Å². The predicted molar refractivity (Wildman–Crippen MR) is 78.5 cm³/mol. The van der Waals surface area contributed by atoms with Crippen LogP contribution in [0.4, 0.5) is 0 Å². The third-order valence-electron chi connectivity index (χ3n) is 3.57. The molecule has 1 aromatic rings. The third kappa shape index (κ3) is 3.31. The topological polar surface area (TPSA) is 49.9 Å². The normalized spacial score (nSPS) is 18.1. The van der Waals surface area contributed by atoms with Crippen molar-refractivity contribution in [3.05, 3.63) is 24.3 Å². The van der Waals surface area contributed by atoms with Gasteiger partial charge in [0, 0.05) is 26.2 Å². The summed E-state index contributed by atoms with van der Waals surface area (Å²) < 4.78 is 31.7. The van der Waals surface area contributed by atoms with Crippen LogP contribution in [0.3, 0.4) is 0 Å². The van der Waals surface area contributed by atoms with Crippen LogP contribution >= 0.6 is 0 Å². The maximum Gasteiger partial charge on any atom is 0.243 e. The van der Waals surface area contributed by atoms with Crippen LogP contribution in [0.2, 0.25) is 0 Å². The van der Waals surface area contributed by atoms with E-state index in [4.69, 9.17) is 4.74 Å². The van der Waals surface area contributed by atoms with Crippen molar-refractivity contribution < 1.29 is 13.2 Å². The summed E-state index contributed by atoms with van der Waals surface area (Å²) in [6, 6.07) is 6.57. The summed E-state index contributed by atoms with van der Waals surface area (Å²) >= 11 is 0. The molecule has 1 fully saturated rings. The van der Waals surface area contributed by atoms with Gasteiger partial charge in [-0.3, -0.25) is 0 Å². The van der Waals surface area contributed by atoms with Crippen molar-refractivity contribution in [2.75, 3.05) is 39.8 Å². The van der Waals surface area contributed by atoms with Gasteiger partial charge in [-0.25, -0.2) is 8.42 Å². The van der Waals surface area contributed by atoms with Crippen LogP contribution in [0.5, 0.6) is 5.75 Å². The number of sulfonamides is 1. The van der Waals surface area contributed by atoms with Crippen molar-refractivity contribution in [2.24, 2.45) is 0 Å². The SMILES string of the molecule is CCCN1CCN(S(=O)(=O)c2ccc(OC)cc2)CC1. The van der Waals surface area contributed by atoms with Crippen molar-refractivity contribution in [1.29, 1.82) is 0 Å². The highest BCUT2D eigenvalue weighted by Gasteiger charge is 2.28. The van der Waals surface area contributed by atoms with E-state index in [0.717, 1.165) is 26.1 Å². The second kappa shape index (κ2) is 6.56. The van der Waals surface area contributed by atoms with E-state index in [-0.39, 0.29) is 0 Å². The average molecular weight is 298 g/mol. The fraction of sp³-hybridized carbons (Fsp3) is 0.571. The van der Waals surface area contributed by atoms with Gasteiger partial charge in [0.15, 0.2) is 0 Å². The molecule has 0 spiro atoms. The van der Waals surface area contributed by atoms with Crippen LogP contribution in [0.15, 0.2) is 29.2 Å². The Morgan fingerprint density at radius 2 is 1.70 bits per heavy atom. The molecule has 0 N–H and O–H groups in total. The molecule has 6 heteroatoms. The third-order valence-corrected chi connectivity index (χ3v) is 5.48. The molecule has 1 aromatic carbocycles. The number of hydrogen-bond donors (Lipinski definition) is 0. The Kier molecular flexibility index (Phi) is 5.01. The van der Waals surface area contributed by atoms with Crippen LogP contribution in [0.25, 0.3) is 0 Å². The smallest absolute Gasteiger partial charge is 0.243 e. The molecule has 0 unspecified atom stereocenters. The van der Waals surface area contributed by atoms with E-state index in [0.29, 0.717) is 23.7 Å². The van der Waals surface area contributed by atoms with Crippen LogP contribution in [-0.2, 0) is 10.0 Å². The maximum atomic E-state index is 12.5. The van der Waals surface area contributed by atoms with Gasteiger partial charge in [-0.2, -0.15) is 4.31 Å². The number of piperazine rings is 1. The second-order valence-corrected chi connectivity index (χ2v) is 6.86. The van der Waals surface area contributed by atoms with Gasteiger partial charge in [0.1, 0.15) is 5.75 Å². The maximum absolute atomic E-state index is 12.5. The Hall–Kier alpha value is -1.11. The highest BCUT2D eigenvalue weighted by atomic mass is 32.2. The van der Waals surface area contributed by atoms with Crippen LogP contribution in [-0.4, -0.2) is 57.5 Å². The number of benzene rings is 1. The Bertz CT molecular complexity index is 520. The quantitative estimate of drug-likeness (QED) is 0.825. The minimum absolute atomic E-state index is 0.335. The highest BCUT2D eigenvalue weighted by molar-refractivity contribution is 7.89. The van der Waals surface area contributed by atoms with E-state index in [1.165, 1.54) is 0 Å². The van der Waals surface area contributed by atoms with E-state index in [1.54, 1.807) is 35.7 Å². The van der Waals surface area contributed by atoms with Crippen LogP contribution in [0.1, 0.15) is 13.3 Å². The van der Waals surface area contributed by atoms with Gasteiger partial charge in [-0.05, 0) is 37.2 Å². The molecule has 0 radical (unpaired) electrons. The Balaban J connectivity index is 2.07. The first kappa shape index (κ1) is 15.3. The first-order valence-corrected chi connectivity index (χ1v) is 8.38. The Morgan fingerprint density at radius 3 is 2.20 bits per heavy atom. The minimum Gasteiger partial charge on any atom is -0.497 e. The van der Waals surface area contributed by atoms with Crippen molar-refractivity contribution in [3.8, 4) is 5.75 Å². The van der Waals surface area contributed by atoms with Gasteiger partial charge in [0.2, 0.25) is 10.0 Å². The molecule has 0 bridgehead atoms. The molecule has 0 saturated carbocycles. The molecule has 0 aromatic heterocycles. The zero-order valence-electron chi connectivity index (χ0n) is 12.1. The molecular formula is C14H22N2O3S. The van der Waals surface area contributed by atoms with E-state index < -0.39 is 10.0 Å². The lowest BCUT2D eigenvalue weighted by atomic mass is 10.3. The largest absolute Gasteiger partial charge is 0.497 e. The first-order chi connectivity index (χ1) is 9.57. The monoisotopic (exact) mass is 298 g/mol. The van der Waals surface area contributed by atoms with Gasteiger partial charge >= 0.3 is 0 Å². The molecule has 1 aliphatic rings. The summed E-state index contributed by atoms with van der Waals surface area (Å²) in [6.07, 6.45) is 1.10. The summed E-state index contributed by atoms with van der Waals surface area (Å²) in [5, 5.41) is 0. The molecule has 0 aliphatic carbocycles. The van der Waals surface area contributed by atoms with Crippen molar-refractivity contribution in [1.82, 2.24) is 9.21 Å². The number of ether oxygens (including phenoxy) is 1. The molecule has 1 aliphatic heterocycles. The molecule has 1 saturated heterocycles. The van der Waals surface area contributed by atoms with E-state index in [2.05, 4.69) is 11.8 Å². The van der Waals surface area contributed by atoms with Gasteiger partial charge in [-0.1, -0.05) is 6.92 Å². The second-order valence-electron chi connectivity index (χ2n) is 4.92. The summed E-state index contributed by atoms with van der Waals surface area (Å²) in [6.45, 7) is 5.92. The zero-order valence-corrected chi connectivity index (χ0v) is 12.9. The molecule has 0 amide bonds. The van der Waals surface area contributed by atoms with Gasteiger partial charge in [0.25, 0.3) is 0 Å². The Morgan fingerprint density at radius 1 is 1.10 bits per heavy atom. The van der Waals surface area contributed by atoms with Gasteiger partial charge in [-0.15, -0.1) is 0 Å². The zero-order chi connectivity index (χ0) is 14.6. The first-order valence-electron chi connectivity index (χ1n) is 6.94. The van der Waals surface area contributed by atoms with Crippen molar-refractivity contribution >= 4 is 10.0 Å². The summed E-state index contributed by atoms with van der Waals surface area (Å²) in [4.78, 5) is 2.64. The molecule has 20 heavy (non-hydrogen) atoms. The van der Waals surface area contributed by atoms with E-state index >= 15 is 0 Å². The predicted octanol–water partition coefficient (Wildman–Crippen LogP) is 1.41. The number of hydrogen-bond acceptors (Lipinski definition) is 4. The minimum atomic E-state index is -3.37. The lowest BCUT2D eigenvalue weighted by Crippen LogP contribution is -2.48. The number of rotatable bonds is 5. The molecule has 112 valence electrons. The van der Waals surface area contributed by atoms with E-state index in [9.17, 15) is 8.42 Å². The fourth-order valence-corrected chi connectivity index (χ4v) is 3.83. The van der Waals surface area contributed by atoms with Crippen molar-refractivity contribution in [2.45, 2.75) is 18.2 Å². The summed E-state index contributed by atoms with van der Waals surface area (Å²) in [5.41, 5.74) is 0. The summed E-state index contributed by atoms with van der Waals surface area (Å²) in [7, 11) is -1.81.